The van der Waals surface area contributed by atoms with Crippen LogP contribution < -0.4 is 0 Å². The van der Waals surface area contributed by atoms with Crippen molar-refractivity contribution >= 4 is 10.0 Å². The number of nitrogens with zero attached hydrogens (tertiary/aromatic N) is 3. The molecule has 3 heterocycles. The molecule has 0 saturated carbocycles. The Morgan fingerprint density at radius 3 is 2.69 bits per heavy atom. The second kappa shape index (κ2) is 7.73. The van der Waals surface area contributed by atoms with Crippen LogP contribution >= 0.6 is 0 Å². The van der Waals surface area contributed by atoms with Crippen molar-refractivity contribution in [1.82, 2.24) is 19.5 Å². The minimum absolute atomic E-state index is 0.0309. The van der Waals surface area contributed by atoms with Crippen molar-refractivity contribution in [2.45, 2.75) is 50.6 Å². The molecular formula is C19H24F2N4O3S. The fourth-order valence-electron chi connectivity index (χ4n) is 4.39. The SMILES string of the molecule is C[C@H]1CCCS(=O)(=O)N1Cc1cc(F)c(C2(c3nnc[nH]3)CCOCC2)cc1F. The summed E-state index contributed by atoms with van der Waals surface area (Å²) in [7, 11) is -3.47. The number of nitrogens with one attached hydrogen (secondary N) is 1. The predicted octanol–water partition coefficient (Wildman–Crippen LogP) is 2.49. The fourth-order valence-corrected chi connectivity index (χ4v) is 6.14. The summed E-state index contributed by atoms with van der Waals surface area (Å²) in [5.41, 5.74) is -0.639. The molecule has 1 aromatic heterocycles. The van der Waals surface area contributed by atoms with Crippen LogP contribution in [0, 0.1) is 11.6 Å². The summed E-state index contributed by atoms with van der Waals surface area (Å²) in [4.78, 5) is 2.94. The molecule has 2 saturated heterocycles. The van der Waals surface area contributed by atoms with Crippen molar-refractivity contribution in [2.24, 2.45) is 0 Å². The van der Waals surface area contributed by atoms with Gasteiger partial charge in [0.2, 0.25) is 10.0 Å². The highest BCUT2D eigenvalue weighted by Crippen LogP contribution is 2.41. The van der Waals surface area contributed by atoms with Gasteiger partial charge >= 0.3 is 0 Å². The zero-order chi connectivity index (χ0) is 20.6. The van der Waals surface area contributed by atoms with Gasteiger partial charge in [-0.2, -0.15) is 4.31 Å². The van der Waals surface area contributed by atoms with Gasteiger partial charge in [-0.05, 0) is 44.7 Å². The van der Waals surface area contributed by atoms with E-state index >= 15 is 8.78 Å². The third-order valence-corrected chi connectivity index (χ3v) is 8.08. The number of ether oxygens (including phenoxy) is 1. The summed E-state index contributed by atoms with van der Waals surface area (Å²) in [5, 5.41) is 7.87. The Morgan fingerprint density at radius 1 is 1.28 bits per heavy atom. The molecular weight excluding hydrogens is 402 g/mol. The Balaban J connectivity index is 1.72. The van der Waals surface area contributed by atoms with E-state index < -0.39 is 27.1 Å². The zero-order valence-electron chi connectivity index (χ0n) is 16.2. The van der Waals surface area contributed by atoms with E-state index in [1.807, 2.05) is 0 Å². The average molecular weight is 426 g/mol. The third kappa shape index (κ3) is 3.69. The largest absolute Gasteiger partial charge is 0.381 e. The minimum atomic E-state index is -3.47. The molecule has 2 aliphatic heterocycles. The van der Waals surface area contributed by atoms with Crippen molar-refractivity contribution in [3.63, 3.8) is 0 Å². The summed E-state index contributed by atoms with van der Waals surface area (Å²) >= 11 is 0. The van der Waals surface area contributed by atoms with E-state index in [1.54, 1.807) is 6.92 Å². The van der Waals surface area contributed by atoms with Crippen LogP contribution in [0.25, 0.3) is 0 Å². The van der Waals surface area contributed by atoms with Gasteiger partial charge in [0.15, 0.2) is 0 Å². The first-order valence-corrected chi connectivity index (χ1v) is 11.4. The number of aromatic amines is 1. The van der Waals surface area contributed by atoms with Crippen LogP contribution in [-0.2, 0) is 26.7 Å². The summed E-state index contributed by atoms with van der Waals surface area (Å²) in [5.74, 6) is -0.700. The number of hydrogen-bond donors (Lipinski definition) is 1. The molecule has 0 radical (unpaired) electrons. The molecule has 0 unspecified atom stereocenters. The van der Waals surface area contributed by atoms with Crippen molar-refractivity contribution in [3.8, 4) is 0 Å². The quantitative estimate of drug-likeness (QED) is 0.812. The van der Waals surface area contributed by atoms with Crippen LogP contribution in [0.4, 0.5) is 8.78 Å². The van der Waals surface area contributed by atoms with Gasteiger partial charge in [-0.3, -0.25) is 0 Å². The number of benzene rings is 1. The van der Waals surface area contributed by atoms with Crippen LogP contribution in [0.2, 0.25) is 0 Å². The highest BCUT2D eigenvalue weighted by atomic mass is 32.2. The number of halogens is 2. The van der Waals surface area contributed by atoms with Crippen LogP contribution in [0.5, 0.6) is 0 Å². The van der Waals surface area contributed by atoms with Gasteiger partial charge in [0.1, 0.15) is 23.8 Å². The highest BCUT2D eigenvalue weighted by molar-refractivity contribution is 7.89. The molecule has 1 N–H and O–H groups in total. The van der Waals surface area contributed by atoms with Crippen LogP contribution in [0.15, 0.2) is 18.5 Å². The molecule has 2 fully saturated rings. The molecule has 29 heavy (non-hydrogen) atoms. The van der Waals surface area contributed by atoms with E-state index in [0.717, 1.165) is 6.07 Å². The van der Waals surface area contributed by atoms with Gasteiger partial charge < -0.3 is 9.72 Å². The van der Waals surface area contributed by atoms with Gasteiger partial charge in [-0.1, -0.05) is 0 Å². The molecule has 2 aliphatic rings. The monoisotopic (exact) mass is 426 g/mol. The Hall–Kier alpha value is -1.91. The van der Waals surface area contributed by atoms with E-state index in [1.165, 1.54) is 16.7 Å². The molecule has 4 rings (SSSR count). The summed E-state index contributed by atoms with van der Waals surface area (Å²) < 4.78 is 61.8. The first-order valence-electron chi connectivity index (χ1n) is 9.76. The van der Waals surface area contributed by atoms with Crippen molar-refractivity contribution in [3.05, 3.63) is 47.0 Å². The summed E-state index contributed by atoms with van der Waals surface area (Å²) in [6.45, 7) is 2.41. The maximum Gasteiger partial charge on any atom is 0.214 e. The maximum absolute atomic E-state index is 15.3. The highest BCUT2D eigenvalue weighted by Gasteiger charge is 2.42. The number of H-pyrrole nitrogens is 1. The smallest absolute Gasteiger partial charge is 0.214 e. The molecule has 2 aromatic rings. The Morgan fingerprint density at radius 2 is 2.03 bits per heavy atom. The molecule has 0 amide bonds. The Labute approximate surface area is 168 Å². The summed E-state index contributed by atoms with van der Waals surface area (Å²) in [6, 6.07) is 2.06. The molecule has 0 aliphatic carbocycles. The molecule has 158 valence electrons. The van der Waals surface area contributed by atoms with E-state index in [4.69, 9.17) is 4.74 Å². The topological polar surface area (TPSA) is 88.2 Å². The lowest BCUT2D eigenvalue weighted by Crippen LogP contribution is -2.43. The normalized spacial score (nSPS) is 24.4. The second-order valence-electron chi connectivity index (χ2n) is 7.81. The molecule has 1 aromatic carbocycles. The summed E-state index contributed by atoms with van der Waals surface area (Å²) in [6.07, 6.45) is 3.58. The van der Waals surface area contributed by atoms with Crippen LogP contribution in [0.1, 0.15) is 49.6 Å². The zero-order valence-corrected chi connectivity index (χ0v) is 17.0. The fraction of sp³-hybridized carbons (Fsp3) is 0.579. The predicted molar refractivity (Wildman–Crippen MR) is 102 cm³/mol. The molecule has 1 atom stereocenters. The van der Waals surface area contributed by atoms with Crippen LogP contribution in [0.3, 0.4) is 0 Å². The van der Waals surface area contributed by atoms with Gasteiger partial charge in [0, 0.05) is 36.9 Å². The molecule has 7 nitrogen and oxygen atoms in total. The standard InChI is InChI=1S/C19H24F2N4O3S/c1-13-3-2-8-29(26,27)25(13)11-14-9-17(21)15(10-16(14)20)19(4-6-28-7-5-19)18-22-12-23-24-18/h9-10,12-13H,2-8,11H2,1H3,(H,22,23,24)/t13-/m0/s1. The van der Waals surface area contributed by atoms with E-state index in [9.17, 15) is 8.42 Å². The molecule has 0 bridgehead atoms. The number of aromatic nitrogens is 3. The lowest BCUT2D eigenvalue weighted by atomic mass is 9.73. The van der Waals surface area contributed by atoms with E-state index in [2.05, 4.69) is 15.2 Å². The van der Waals surface area contributed by atoms with Crippen molar-refractivity contribution in [1.29, 1.82) is 0 Å². The number of sulfonamides is 1. The first kappa shape index (κ1) is 20.4. The van der Waals surface area contributed by atoms with Crippen molar-refractivity contribution in [2.75, 3.05) is 19.0 Å². The van der Waals surface area contributed by atoms with Gasteiger partial charge in [0.25, 0.3) is 0 Å². The van der Waals surface area contributed by atoms with Crippen molar-refractivity contribution < 1.29 is 21.9 Å². The second-order valence-corrected chi connectivity index (χ2v) is 9.85. The van der Waals surface area contributed by atoms with E-state index in [0.29, 0.717) is 44.7 Å². The Kier molecular flexibility index (Phi) is 5.43. The van der Waals surface area contributed by atoms with E-state index in [-0.39, 0.29) is 29.5 Å². The first-order chi connectivity index (χ1) is 13.8. The third-order valence-electron chi connectivity index (χ3n) is 6.07. The van der Waals surface area contributed by atoms with Gasteiger partial charge in [-0.15, -0.1) is 10.2 Å². The van der Waals surface area contributed by atoms with Gasteiger partial charge in [0.05, 0.1) is 11.2 Å². The maximum atomic E-state index is 15.3. The number of hydrogen-bond acceptors (Lipinski definition) is 5. The number of rotatable bonds is 4. The van der Waals surface area contributed by atoms with Gasteiger partial charge in [-0.25, -0.2) is 17.2 Å². The minimum Gasteiger partial charge on any atom is -0.381 e. The Bertz CT molecular complexity index is 976. The van der Waals surface area contributed by atoms with Crippen LogP contribution in [-0.4, -0.2) is 52.9 Å². The molecule has 0 spiro atoms. The average Bonchev–Trinajstić information content (AvgIpc) is 3.23. The lowest BCUT2D eigenvalue weighted by molar-refractivity contribution is 0.0593. The lowest BCUT2D eigenvalue weighted by Gasteiger charge is -2.36. The molecule has 10 heteroatoms.